The van der Waals surface area contributed by atoms with Crippen molar-refractivity contribution in [2.24, 2.45) is 0 Å². The molecule has 7 heteroatoms. The van der Waals surface area contributed by atoms with Gasteiger partial charge in [-0.15, -0.1) is 11.8 Å². The number of thioether (sulfide) groups is 1. The maximum Gasteiger partial charge on any atom is 0.250 e. The fourth-order valence-electron chi connectivity index (χ4n) is 4.30. The maximum absolute atomic E-state index is 13.2. The van der Waals surface area contributed by atoms with Crippen LogP contribution in [0.15, 0.2) is 29.2 Å². The predicted octanol–water partition coefficient (Wildman–Crippen LogP) is 2.57. The Bertz CT molecular complexity index is 757. The number of amides is 3. The van der Waals surface area contributed by atoms with E-state index in [0.717, 1.165) is 49.1 Å². The lowest BCUT2D eigenvalue weighted by Crippen LogP contribution is -2.52. The average molecular weight is 402 g/mol. The molecule has 1 saturated heterocycles. The molecule has 3 amide bonds. The van der Waals surface area contributed by atoms with Crippen molar-refractivity contribution in [3.05, 3.63) is 24.3 Å². The van der Waals surface area contributed by atoms with Crippen molar-refractivity contribution in [3.63, 3.8) is 0 Å². The first-order valence-corrected chi connectivity index (χ1v) is 11.2. The van der Waals surface area contributed by atoms with Crippen LogP contribution in [-0.4, -0.2) is 53.5 Å². The van der Waals surface area contributed by atoms with E-state index in [2.05, 4.69) is 5.32 Å². The molecule has 1 aromatic carbocycles. The molecule has 28 heavy (non-hydrogen) atoms. The Morgan fingerprint density at radius 1 is 1.04 bits per heavy atom. The first-order chi connectivity index (χ1) is 13.6. The van der Waals surface area contributed by atoms with Gasteiger partial charge in [0.25, 0.3) is 5.91 Å². The van der Waals surface area contributed by atoms with Crippen molar-refractivity contribution in [1.82, 2.24) is 10.2 Å². The molecule has 0 radical (unpaired) electrons. The minimum atomic E-state index is -0.796. The molecule has 2 aliphatic heterocycles. The lowest BCUT2D eigenvalue weighted by atomic mass is 9.95. The Balaban J connectivity index is 1.51. The van der Waals surface area contributed by atoms with Crippen LogP contribution >= 0.6 is 11.8 Å². The van der Waals surface area contributed by atoms with E-state index < -0.39 is 5.25 Å². The molecule has 1 aromatic rings. The fourth-order valence-corrected chi connectivity index (χ4v) is 5.49. The quantitative estimate of drug-likeness (QED) is 0.788. The van der Waals surface area contributed by atoms with E-state index >= 15 is 0 Å². The average Bonchev–Trinajstić information content (AvgIpc) is 3.25. The van der Waals surface area contributed by atoms with Crippen LogP contribution < -0.4 is 10.2 Å². The van der Waals surface area contributed by atoms with Crippen molar-refractivity contribution in [2.75, 3.05) is 24.5 Å². The summed E-state index contributed by atoms with van der Waals surface area (Å²) in [5.74, 6) is -0.548. The van der Waals surface area contributed by atoms with Gasteiger partial charge in [-0.2, -0.15) is 0 Å². The Morgan fingerprint density at radius 3 is 2.50 bits per heavy atom. The number of nitrogens with one attached hydrogen (secondary N) is 1. The van der Waals surface area contributed by atoms with Crippen molar-refractivity contribution >= 4 is 35.2 Å². The Hall–Kier alpha value is -2.02. The lowest BCUT2D eigenvalue weighted by molar-refractivity contribution is -0.134. The molecule has 0 aromatic heterocycles. The highest BCUT2D eigenvalue weighted by molar-refractivity contribution is 8.01. The smallest absolute Gasteiger partial charge is 0.250 e. The van der Waals surface area contributed by atoms with Crippen LogP contribution in [0.3, 0.4) is 0 Å². The van der Waals surface area contributed by atoms with Crippen LogP contribution in [0.4, 0.5) is 5.69 Å². The number of carbonyl (C=O) groups excluding carboxylic acids is 3. The molecule has 0 bridgehead atoms. The summed E-state index contributed by atoms with van der Waals surface area (Å²) in [4.78, 5) is 42.9. The zero-order valence-corrected chi connectivity index (χ0v) is 16.9. The maximum atomic E-state index is 13.2. The Morgan fingerprint density at radius 2 is 1.75 bits per heavy atom. The summed E-state index contributed by atoms with van der Waals surface area (Å²) in [5.41, 5.74) is 0.724. The van der Waals surface area contributed by atoms with E-state index in [9.17, 15) is 14.4 Å². The molecule has 0 spiro atoms. The molecule has 1 saturated carbocycles. The van der Waals surface area contributed by atoms with Gasteiger partial charge in [0.15, 0.2) is 5.25 Å². The van der Waals surface area contributed by atoms with Crippen molar-refractivity contribution < 1.29 is 14.4 Å². The molecule has 4 rings (SSSR count). The van der Waals surface area contributed by atoms with E-state index in [4.69, 9.17) is 0 Å². The van der Waals surface area contributed by atoms with E-state index in [-0.39, 0.29) is 30.3 Å². The molecule has 1 N–H and O–H groups in total. The van der Waals surface area contributed by atoms with Gasteiger partial charge in [0.1, 0.15) is 6.54 Å². The van der Waals surface area contributed by atoms with E-state index in [1.165, 1.54) is 23.1 Å². The van der Waals surface area contributed by atoms with Crippen molar-refractivity contribution in [2.45, 2.75) is 61.1 Å². The largest absolute Gasteiger partial charge is 0.352 e. The van der Waals surface area contributed by atoms with Gasteiger partial charge in [-0.05, 0) is 37.8 Å². The SMILES string of the molecule is O=C(CN1C(=O)[C@H](C(=O)N2CCCC2)Sc2ccccc21)NC1CCCCC1. The van der Waals surface area contributed by atoms with E-state index in [0.29, 0.717) is 13.1 Å². The van der Waals surface area contributed by atoms with Crippen LogP contribution in [-0.2, 0) is 14.4 Å². The molecule has 2 fully saturated rings. The minimum Gasteiger partial charge on any atom is -0.352 e. The second-order valence-corrected chi connectivity index (χ2v) is 8.97. The third kappa shape index (κ3) is 4.04. The van der Waals surface area contributed by atoms with Gasteiger partial charge < -0.3 is 15.1 Å². The molecule has 150 valence electrons. The van der Waals surface area contributed by atoms with Crippen molar-refractivity contribution in [3.8, 4) is 0 Å². The highest BCUT2D eigenvalue weighted by atomic mass is 32.2. The number of fused-ring (bicyclic) bond motifs is 1. The summed E-state index contributed by atoms with van der Waals surface area (Å²) >= 11 is 1.31. The minimum absolute atomic E-state index is 0.0311. The molecular formula is C21H27N3O3S. The third-order valence-corrected chi connectivity index (χ3v) is 7.04. The summed E-state index contributed by atoms with van der Waals surface area (Å²) in [6.45, 7) is 1.40. The number of anilines is 1. The molecule has 3 aliphatic rings. The van der Waals surface area contributed by atoms with Gasteiger partial charge >= 0.3 is 0 Å². The first-order valence-electron chi connectivity index (χ1n) is 10.3. The number of benzene rings is 1. The predicted molar refractivity (Wildman–Crippen MR) is 109 cm³/mol. The zero-order valence-electron chi connectivity index (χ0n) is 16.1. The Kier molecular flexibility index (Phi) is 5.90. The number of likely N-dealkylation sites (tertiary alicyclic amines) is 1. The van der Waals surface area contributed by atoms with E-state index in [1.54, 1.807) is 4.90 Å². The molecule has 0 unspecified atom stereocenters. The highest BCUT2D eigenvalue weighted by Gasteiger charge is 2.41. The standard InChI is InChI=1S/C21H27N3O3S/c25-18(22-15-8-2-1-3-9-15)14-24-16-10-4-5-11-17(16)28-19(21(24)27)20(26)23-12-6-7-13-23/h4-5,10-11,15,19H,1-3,6-9,12-14H2,(H,22,25)/t19-/m0/s1. The van der Waals surface area contributed by atoms with Crippen LogP contribution in [0, 0.1) is 0 Å². The van der Waals surface area contributed by atoms with Crippen LogP contribution in [0.5, 0.6) is 0 Å². The summed E-state index contributed by atoms with van der Waals surface area (Å²) in [5, 5.41) is 2.29. The summed E-state index contributed by atoms with van der Waals surface area (Å²) in [7, 11) is 0. The number of hydrogen-bond donors (Lipinski definition) is 1. The van der Waals surface area contributed by atoms with Gasteiger partial charge in [0.2, 0.25) is 11.8 Å². The number of hydrogen-bond acceptors (Lipinski definition) is 4. The summed E-state index contributed by atoms with van der Waals surface area (Å²) in [6, 6.07) is 7.74. The topological polar surface area (TPSA) is 69.7 Å². The fraction of sp³-hybridized carbons (Fsp3) is 0.571. The second kappa shape index (κ2) is 8.55. The van der Waals surface area contributed by atoms with Crippen LogP contribution in [0.1, 0.15) is 44.9 Å². The number of carbonyl (C=O) groups is 3. The third-order valence-electron chi connectivity index (χ3n) is 5.81. The molecular weight excluding hydrogens is 374 g/mol. The molecule has 6 nitrogen and oxygen atoms in total. The van der Waals surface area contributed by atoms with Crippen molar-refractivity contribution in [1.29, 1.82) is 0 Å². The van der Waals surface area contributed by atoms with Gasteiger partial charge in [-0.25, -0.2) is 0 Å². The lowest BCUT2D eigenvalue weighted by Gasteiger charge is -2.34. The normalized spacial score (nSPS) is 22.9. The van der Waals surface area contributed by atoms with E-state index in [1.807, 2.05) is 24.3 Å². The number of para-hydroxylation sites is 1. The van der Waals surface area contributed by atoms with Gasteiger partial charge in [0, 0.05) is 24.0 Å². The van der Waals surface area contributed by atoms with Gasteiger partial charge in [-0.3, -0.25) is 14.4 Å². The molecule has 1 aliphatic carbocycles. The number of rotatable bonds is 4. The molecule has 1 atom stereocenters. The van der Waals surface area contributed by atoms with Crippen LogP contribution in [0.25, 0.3) is 0 Å². The first kappa shape index (κ1) is 19.3. The Labute approximate surface area is 170 Å². The summed E-state index contributed by atoms with van der Waals surface area (Å²) in [6.07, 6.45) is 7.48. The zero-order chi connectivity index (χ0) is 19.5. The highest BCUT2D eigenvalue weighted by Crippen LogP contribution is 2.40. The second-order valence-electron chi connectivity index (χ2n) is 7.82. The monoisotopic (exact) mass is 401 g/mol. The van der Waals surface area contributed by atoms with Gasteiger partial charge in [-0.1, -0.05) is 31.4 Å². The van der Waals surface area contributed by atoms with Gasteiger partial charge in [0.05, 0.1) is 5.69 Å². The summed E-state index contributed by atoms with van der Waals surface area (Å²) < 4.78 is 0. The van der Waals surface area contributed by atoms with Crippen LogP contribution in [0.2, 0.25) is 0 Å². The molecule has 2 heterocycles. The number of nitrogens with zero attached hydrogens (tertiary/aromatic N) is 2.